The Bertz CT molecular complexity index is 621. The zero-order chi connectivity index (χ0) is 14.5. The highest BCUT2D eigenvalue weighted by Gasteiger charge is 2.23. The van der Waals surface area contributed by atoms with Crippen molar-refractivity contribution >= 4 is 23.1 Å². The number of aromatic nitrogens is 1. The molecule has 0 saturated carbocycles. The number of para-hydroxylation sites is 1. The number of hydrogen-bond donors (Lipinski definition) is 0. The third-order valence-corrected chi connectivity index (χ3v) is 3.54. The first-order chi connectivity index (χ1) is 9.65. The van der Waals surface area contributed by atoms with E-state index in [1.807, 2.05) is 6.07 Å². The van der Waals surface area contributed by atoms with E-state index in [0.29, 0.717) is 12.2 Å². The summed E-state index contributed by atoms with van der Waals surface area (Å²) < 4.78 is 10.2. The molecule has 2 rings (SSSR count). The smallest absolute Gasteiger partial charge is 0.353 e. The molecular formula is C14H13NO4S. The predicted octanol–water partition coefficient (Wildman–Crippen LogP) is 3.31. The molecule has 0 N–H and O–H groups in total. The quantitative estimate of drug-likeness (QED) is 0.624. The molecule has 0 unspecified atom stereocenters. The molecule has 0 radical (unpaired) electrons. The van der Waals surface area contributed by atoms with Crippen molar-refractivity contribution in [2.75, 3.05) is 7.11 Å². The number of hydrogen-bond acceptors (Lipinski definition) is 6. The summed E-state index contributed by atoms with van der Waals surface area (Å²) in [4.78, 5) is 27.7. The Hall–Kier alpha value is -2.21. The van der Waals surface area contributed by atoms with Gasteiger partial charge in [0.25, 0.3) is 0 Å². The van der Waals surface area contributed by atoms with Gasteiger partial charge in [-0.25, -0.2) is 4.79 Å². The second kappa shape index (κ2) is 6.29. The summed E-state index contributed by atoms with van der Waals surface area (Å²) >= 11 is 0.984. The van der Waals surface area contributed by atoms with E-state index in [1.54, 1.807) is 31.2 Å². The number of ether oxygens (including phenoxy) is 2. The second-order valence-corrected chi connectivity index (χ2v) is 4.84. The molecule has 2 aromatic rings. The van der Waals surface area contributed by atoms with Crippen LogP contribution in [0, 0.1) is 0 Å². The predicted molar refractivity (Wildman–Crippen MR) is 74.6 cm³/mol. The van der Waals surface area contributed by atoms with Crippen LogP contribution in [0.25, 0.3) is 0 Å². The molecular weight excluding hydrogens is 278 g/mol. The van der Waals surface area contributed by atoms with Crippen LogP contribution in [0.5, 0.6) is 11.6 Å². The van der Waals surface area contributed by atoms with Crippen molar-refractivity contribution < 1.29 is 19.1 Å². The Morgan fingerprint density at radius 3 is 2.55 bits per heavy atom. The van der Waals surface area contributed by atoms with E-state index in [1.165, 1.54) is 7.11 Å². The molecule has 0 aliphatic carbocycles. The lowest BCUT2D eigenvalue weighted by molar-refractivity contribution is 0.0603. The molecule has 1 aromatic heterocycles. The van der Waals surface area contributed by atoms with E-state index >= 15 is 0 Å². The number of carbonyl (C=O) groups excluding carboxylic acids is 2. The first kappa shape index (κ1) is 14.2. The van der Waals surface area contributed by atoms with Gasteiger partial charge in [-0.1, -0.05) is 36.5 Å². The van der Waals surface area contributed by atoms with Gasteiger partial charge >= 0.3 is 5.97 Å². The summed E-state index contributed by atoms with van der Waals surface area (Å²) in [5.74, 6) is -0.0602. The van der Waals surface area contributed by atoms with Crippen molar-refractivity contribution in [2.24, 2.45) is 0 Å². The minimum absolute atomic E-state index is 0.102. The normalized spacial score (nSPS) is 10.1. The van der Waals surface area contributed by atoms with Crippen LogP contribution in [-0.4, -0.2) is 23.8 Å². The van der Waals surface area contributed by atoms with Gasteiger partial charge in [0.05, 0.1) is 7.11 Å². The number of Topliss-reactive ketones (excluding diaryl/α,β-unsaturated/α-hetero) is 1. The van der Waals surface area contributed by atoms with E-state index in [4.69, 9.17) is 4.74 Å². The van der Waals surface area contributed by atoms with E-state index in [2.05, 4.69) is 9.72 Å². The summed E-state index contributed by atoms with van der Waals surface area (Å²) in [7, 11) is 1.27. The van der Waals surface area contributed by atoms with Gasteiger partial charge in [0.1, 0.15) is 5.75 Å². The Balaban J connectivity index is 2.37. The van der Waals surface area contributed by atoms with Crippen LogP contribution in [0.1, 0.15) is 32.8 Å². The fourth-order valence-electron chi connectivity index (χ4n) is 1.47. The monoisotopic (exact) mass is 291 g/mol. The van der Waals surface area contributed by atoms with Crippen LogP contribution in [0.2, 0.25) is 0 Å². The number of methoxy groups -OCH3 is 1. The average molecular weight is 291 g/mol. The molecule has 0 saturated heterocycles. The summed E-state index contributed by atoms with van der Waals surface area (Å²) in [5, 5.41) is 0.249. The minimum Gasteiger partial charge on any atom is -0.465 e. The fraction of sp³-hybridized carbons (Fsp3) is 0.214. The van der Waals surface area contributed by atoms with Gasteiger partial charge in [-0.05, 0) is 12.1 Å². The largest absolute Gasteiger partial charge is 0.465 e. The number of ketones is 1. The van der Waals surface area contributed by atoms with Crippen molar-refractivity contribution in [2.45, 2.75) is 13.3 Å². The van der Waals surface area contributed by atoms with Gasteiger partial charge in [-0.15, -0.1) is 0 Å². The summed E-state index contributed by atoms with van der Waals surface area (Å²) in [5.41, 5.74) is 0. The molecule has 1 heterocycles. The molecule has 6 heteroatoms. The third kappa shape index (κ3) is 3.03. The molecule has 20 heavy (non-hydrogen) atoms. The van der Waals surface area contributed by atoms with Gasteiger partial charge in [-0.2, -0.15) is 4.98 Å². The highest BCUT2D eigenvalue weighted by Crippen LogP contribution is 2.30. The maximum Gasteiger partial charge on any atom is 0.353 e. The molecule has 0 atom stereocenters. The number of thiazole rings is 1. The van der Waals surface area contributed by atoms with Crippen molar-refractivity contribution in [3.63, 3.8) is 0 Å². The van der Waals surface area contributed by atoms with Crippen molar-refractivity contribution in [1.82, 2.24) is 4.98 Å². The highest BCUT2D eigenvalue weighted by atomic mass is 32.1. The standard InChI is InChI=1S/C14H13NO4S/c1-3-10(16)13-15-12(11(20-13)14(17)18-2)19-9-7-5-4-6-8-9/h4-8H,3H2,1-2H3. The van der Waals surface area contributed by atoms with Crippen molar-refractivity contribution in [1.29, 1.82) is 0 Å². The van der Waals surface area contributed by atoms with E-state index < -0.39 is 5.97 Å². The molecule has 0 aliphatic heterocycles. The van der Waals surface area contributed by atoms with Gasteiger partial charge in [-0.3, -0.25) is 4.79 Å². The molecule has 0 amide bonds. The Morgan fingerprint density at radius 2 is 1.95 bits per heavy atom. The van der Waals surface area contributed by atoms with E-state index in [0.717, 1.165) is 11.3 Å². The first-order valence-corrected chi connectivity index (χ1v) is 6.82. The second-order valence-electron chi connectivity index (χ2n) is 3.84. The van der Waals surface area contributed by atoms with Gasteiger partial charge < -0.3 is 9.47 Å². The number of nitrogens with zero attached hydrogens (tertiary/aromatic N) is 1. The number of benzene rings is 1. The fourth-order valence-corrected chi connectivity index (χ4v) is 2.39. The highest BCUT2D eigenvalue weighted by molar-refractivity contribution is 7.15. The van der Waals surface area contributed by atoms with E-state index in [9.17, 15) is 9.59 Å². The zero-order valence-electron chi connectivity index (χ0n) is 11.1. The molecule has 5 nitrogen and oxygen atoms in total. The Kier molecular flexibility index (Phi) is 4.47. The first-order valence-electron chi connectivity index (χ1n) is 6.01. The maximum atomic E-state index is 11.7. The van der Waals surface area contributed by atoms with Crippen LogP contribution in [0.3, 0.4) is 0 Å². The van der Waals surface area contributed by atoms with Crippen LogP contribution in [-0.2, 0) is 4.74 Å². The summed E-state index contributed by atoms with van der Waals surface area (Å²) in [6, 6.07) is 8.93. The number of carbonyl (C=O) groups is 2. The number of esters is 1. The Labute approximate surface area is 120 Å². The molecule has 1 aromatic carbocycles. The summed E-state index contributed by atoms with van der Waals surface area (Å²) in [6.07, 6.45) is 0.318. The lowest BCUT2D eigenvalue weighted by atomic mass is 10.3. The molecule has 104 valence electrons. The van der Waals surface area contributed by atoms with Gasteiger partial charge in [0.2, 0.25) is 5.88 Å². The van der Waals surface area contributed by atoms with Gasteiger partial charge in [0.15, 0.2) is 15.7 Å². The van der Waals surface area contributed by atoms with Crippen LogP contribution in [0.15, 0.2) is 30.3 Å². The van der Waals surface area contributed by atoms with Crippen LogP contribution >= 0.6 is 11.3 Å². The lowest BCUT2D eigenvalue weighted by Crippen LogP contribution is -2.00. The molecule has 0 fully saturated rings. The van der Waals surface area contributed by atoms with Crippen molar-refractivity contribution in [3.8, 4) is 11.6 Å². The number of rotatable bonds is 5. The third-order valence-electron chi connectivity index (χ3n) is 2.48. The van der Waals surface area contributed by atoms with E-state index in [-0.39, 0.29) is 21.5 Å². The Morgan fingerprint density at radius 1 is 1.25 bits per heavy atom. The van der Waals surface area contributed by atoms with Gasteiger partial charge in [0, 0.05) is 6.42 Å². The van der Waals surface area contributed by atoms with Crippen LogP contribution < -0.4 is 4.74 Å². The topological polar surface area (TPSA) is 65.5 Å². The molecule has 0 aliphatic rings. The maximum absolute atomic E-state index is 11.7. The zero-order valence-corrected chi connectivity index (χ0v) is 11.9. The minimum atomic E-state index is -0.566. The SMILES string of the molecule is CCC(=O)c1nc(Oc2ccccc2)c(C(=O)OC)s1. The lowest BCUT2D eigenvalue weighted by Gasteiger charge is -2.03. The van der Waals surface area contributed by atoms with Crippen molar-refractivity contribution in [3.05, 3.63) is 40.2 Å². The molecule has 0 spiro atoms. The van der Waals surface area contributed by atoms with Crippen LogP contribution in [0.4, 0.5) is 0 Å². The summed E-state index contributed by atoms with van der Waals surface area (Å²) in [6.45, 7) is 1.74. The molecule has 0 bridgehead atoms. The average Bonchev–Trinajstić information content (AvgIpc) is 2.90.